The van der Waals surface area contributed by atoms with Gasteiger partial charge in [0.1, 0.15) is 0 Å². The third-order valence-corrected chi connectivity index (χ3v) is 4.86. The summed E-state index contributed by atoms with van der Waals surface area (Å²) in [5.74, 6) is 0.742. The van der Waals surface area contributed by atoms with Crippen LogP contribution in [0.15, 0.2) is 54.6 Å². The average Bonchev–Trinajstić information content (AvgIpc) is 3.38. The van der Waals surface area contributed by atoms with Gasteiger partial charge in [0.15, 0.2) is 0 Å². The van der Waals surface area contributed by atoms with E-state index in [0.29, 0.717) is 12.5 Å². The minimum absolute atomic E-state index is 0.183. The number of nitrogens with one attached hydrogen (secondary N) is 1. The van der Waals surface area contributed by atoms with Gasteiger partial charge in [-0.2, -0.15) is 0 Å². The summed E-state index contributed by atoms with van der Waals surface area (Å²) in [6.07, 6.45) is 2.81. The molecule has 2 heteroatoms. The molecule has 1 saturated carbocycles. The summed E-state index contributed by atoms with van der Waals surface area (Å²) >= 11 is 0. The Bertz CT molecular complexity index is 654. The molecule has 0 radical (unpaired) electrons. The number of hydrogen-bond donors (Lipinski definition) is 1. The summed E-state index contributed by atoms with van der Waals surface area (Å²) < 4.78 is 0. The normalized spacial score (nSPS) is 15.4. The van der Waals surface area contributed by atoms with Crippen molar-refractivity contribution >= 4 is 5.91 Å². The molecule has 2 nitrogen and oxygen atoms in total. The molecule has 0 unspecified atom stereocenters. The van der Waals surface area contributed by atoms with E-state index in [9.17, 15) is 4.79 Å². The lowest BCUT2D eigenvalue weighted by molar-refractivity contribution is -0.123. The molecule has 1 aliphatic rings. The fraction of sp³-hybridized carbons (Fsp3) is 0.381. The SMILES string of the molecule is CC(C)c1ccc(CCNC(=O)C2(c3ccccc3)CC2)cc1. The number of amides is 1. The molecule has 0 saturated heterocycles. The Morgan fingerprint density at radius 1 is 1.04 bits per heavy atom. The van der Waals surface area contributed by atoms with Crippen molar-refractivity contribution in [3.05, 3.63) is 71.3 Å². The van der Waals surface area contributed by atoms with Crippen LogP contribution < -0.4 is 5.32 Å². The summed E-state index contributed by atoms with van der Waals surface area (Å²) in [4.78, 5) is 12.6. The third-order valence-electron chi connectivity index (χ3n) is 4.86. The summed E-state index contributed by atoms with van der Waals surface area (Å²) in [6, 6.07) is 18.9. The van der Waals surface area contributed by atoms with E-state index in [-0.39, 0.29) is 11.3 Å². The monoisotopic (exact) mass is 307 g/mol. The highest BCUT2D eigenvalue weighted by molar-refractivity contribution is 5.91. The molecule has 2 aromatic carbocycles. The summed E-state index contributed by atoms with van der Waals surface area (Å²) in [6.45, 7) is 5.11. The van der Waals surface area contributed by atoms with Crippen LogP contribution in [0.25, 0.3) is 0 Å². The van der Waals surface area contributed by atoms with Crippen molar-refractivity contribution in [3.63, 3.8) is 0 Å². The van der Waals surface area contributed by atoms with Crippen LogP contribution in [0.3, 0.4) is 0 Å². The number of benzene rings is 2. The third kappa shape index (κ3) is 3.47. The second-order valence-corrected chi connectivity index (χ2v) is 6.85. The first-order chi connectivity index (χ1) is 11.1. The number of hydrogen-bond acceptors (Lipinski definition) is 1. The maximum absolute atomic E-state index is 12.6. The summed E-state index contributed by atoms with van der Waals surface area (Å²) in [5.41, 5.74) is 3.53. The molecule has 1 aliphatic carbocycles. The Balaban J connectivity index is 1.54. The van der Waals surface area contributed by atoms with Crippen LogP contribution in [0.1, 0.15) is 49.3 Å². The lowest BCUT2D eigenvalue weighted by atomic mass is 9.95. The van der Waals surface area contributed by atoms with Gasteiger partial charge in [0.2, 0.25) is 5.91 Å². The van der Waals surface area contributed by atoms with Crippen LogP contribution in [0.5, 0.6) is 0 Å². The minimum atomic E-state index is -0.261. The van der Waals surface area contributed by atoms with E-state index in [2.05, 4.69) is 55.6 Å². The molecule has 23 heavy (non-hydrogen) atoms. The van der Waals surface area contributed by atoms with E-state index in [1.807, 2.05) is 18.2 Å². The van der Waals surface area contributed by atoms with Crippen molar-refractivity contribution in [3.8, 4) is 0 Å². The van der Waals surface area contributed by atoms with Gasteiger partial charge in [-0.1, -0.05) is 68.4 Å². The summed E-state index contributed by atoms with van der Waals surface area (Å²) in [7, 11) is 0. The Labute approximate surface area is 138 Å². The van der Waals surface area contributed by atoms with E-state index in [4.69, 9.17) is 0 Å². The van der Waals surface area contributed by atoms with E-state index >= 15 is 0 Å². The first kappa shape index (κ1) is 15.8. The van der Waals surface area contributed by atoms with Gasteiger partial charge in [0.05, 0.1) is 5.41 Å². The molecule has 0 heterocycles. The summed E-state index contributed by atoms with van der Waals surface area (Å²) in [5, 5.41) is 3.13. The van der Waals surface area contributed by atoms with E-state index in [1.54, 1.807) is 0 Å². The molecular weight excluding hydrogens is 282 g/mol. The lowest BCUT2D eigenvalue weighted by Crippen LogP contribution is -2.35. The Hall–Kier alpha value is -2.09. The smallest absolute Gasteiger partial charge is 0.230 e. The average molecular weight is 307 g/mol. The van der Waals surface area contributed by atoms with E-state index < -0.39 is 0 Å². The van der Waals surface area contributed by atoms with Gasteiger partial charge in [-0.15, -0.1) is 0 Å². The molecule has 0 bridgehead atoms. The zero-order valence-electron chi connectivity index (χ0n) is 14.0. The molecule has 1 N–H and O–H groups in total. The first-order valence-electron chi connectivity index (χ1n) is 8.54. The molecule has 120 valence electrons. The van der Waals surface area contributed by atoms with Crippen molar-refractivity contribution in [2.45, 2.75) is 44.4 Å². The lowest BCUT2D eigenvalue weighted by Gasteiger charge is -2.16. The highest BCUT2D eigenvalue weighted by atomic mass is 16.2. The number of rotatable bonds is 6. The van der Waals surface area contributed by atoms with Crippen molar-refractivity contribution in [1.82, 2.24) is 5.32 Å². The molecule has 0 atom stereocenters. The van der Waals surface area contributed by atoms with Gasteiger partial charge in [0.25, 0.3) is 0 Å². The van der Waals surface area contributed by atoms with Crippen molar-refractivity contribution in [2.75, 3.05) is 6.54 Å². The van der Waals surface area contributed by atoms with Gasteiger partial charge in [-0.3, -0.25) is 4.79 Å². The minimum Gasteiger partial charge on any atom is -0.355 e. The zero-order chi connectivity index (χ0) is 16.3. The fourth-order valence-corrected chi connectivity index (χ4v) is 3.09. The Morgan fingerprint density at radius 2 is 1.70 bits per heavy atom. The standard InChI is InChI=1S/C21H25NO/c1-16(2)18-10-8-17(9-11-18)12-15-22-20(23)21(13-14-21)19-6-4-3-5-7-19/h3-11,16H,12-15H2,1-2H3,(H,22,23). The number of carbonyl (C=O) groups excluding carboxylic acids is 1. The van der Waals surface area contributed by atoms with Crippen LogP contribution in [0.2, 0.25) is 0 Å². The van der Waals surface area contributed by atoms with Gasteiger partial charge >= 0.3 is 0 Å². The predicted molar refractivity (Wildman–Crippen MR) is 94.6 cm³/mol. The van der Waals surface area contributed by atoms with Crippen molar-refractivity contribution in [2.24, 2.45) is 0 Å². The predicted octanol–water partition coefficient (Wildman–Crippen LogP) is 4.20. The van der Waals surface area contributed by atoms with Gasteiger partial charge < -0.3 is 5.32 Å². The maximum atomic E-state index is 12.6. The second kappa shape index (κ2) is 6.57. The molecule has 0 aromatic heterocycles. The van der Waals surface area contributed by atoms with Crippen LogP contribution in [0.4, 0.5) is 0 Å². The zero-order valence-corrected chi connectivity index (χ0v) is 14.0. The molecular formula is C21H25NO. The number of carbonyl (C=O) groups is 1. The largest absolute Gasteiger partial charge is 0.355 e. The van der Waals surface area contributed by atoms with Crippen LogP contribution in [-0.2, 0) is 16.6 Å². The Kier molecular flexibility index (Phi) is 4.51. The molecule has 3 rings (SSSR count). The molecule has 0 spiro atoms. The first-order valence-corrected chi connectivity index (χ1v) is 8.54. The highest BCUT2D eigenvalue weighted by Crippen LogP contribution is 2.48. The topological polar surface area (TPSA) is 29.1 Å². The second-order valence-electron chi connectivity index (χ2n) is 6.85. The van der Waals surface area contributed by atoms with Gasteiger partial charge in [-0.05, 0) is 41.9 Å². The van der Waals surface area contributed by atoms with E-state index in [0.717, 1.165) is 24.8 Å². The van der Waals surface area contributed by atoms with Crippen molar-refractivity contribution in [1.29, 1.82) is 0 Å². The highest BCUT2D eigenvalue weighted by Gasteiger charge is 2.50. The molecule has 1 amide bonds. The van der Waals surface area contributed by atoms with Crippen LogP contribution >= 0.6 is 0 Å². The quantitative estimate of drug-likeness (QED) is 0.851. The molecule has 0 aliphatic heterocycles. The maximum Gasteiger partial charge on any atom is 0.230 e. The molecule has 2 aromatic rings. The Morgan fingerprint density at radius 3 is 2.26 bits per heavy atom. The van der Waals surface area contributed by atoms with Gasteiger partial charge in [-0.25, -0.2) is 0 Å². The van der Waals surface area contributed by atoms with E-state index in [1.165, 1.54) is 11.1 Å². The van der Waals surface area contributed by atoms with Crippen LogP contribution in [0, 0.1) is 0 Å². The van der Waals surface area contributed by atoms with Gasteiger partial charge in [0, 0.05) is 6.54 Å². The molecule has 1 fully saturated rings. The van der Waals surface area contributed by atoms with Crippen molar-refractivity contribution < 1.29 is 4.79 Å². The fourth-order valence-electron chi connectivity index (χ4n) is 3.09. The van der Waals surface area contributed by atoms with Crippen LogP contribution in [-0.4, -0.2) is 12.5 Å².